The largest absolute Gasteiger partial charge is 0.497 e. The summed E-state index contributed by atoms with van der Waals surface area (Å²) in [5.41, 5.74) is 0.332. The number of nitro groups is 1. The topological polar surface area (TPSA) is 115 Å². The maximum Gasteiger partial charge on any atom is 0.292 e. The van der Waals surface area contributed by atoms with E-state index in [2.05, 4.69) is 10.6 Å². The number of benzene rings is 2. The molecular weight excluding hydrogens is 388 g/mol. The van der Waals surface area contributed by atoms with Crippen LogP contribution in [0.3, 0.4) is 0 Å². The van der Waals surface area contributed by atoms with Crippen LogP contribution in [0.2, 0.25) is 5.02 Å². The lowest BCUT2D eigenvalue weighted by molar-refractivity contribution is -0.862. The lowest BCUT2D eigenvalue weighted by Crippen LogP contribution is -3.11. The number of halogens is 1. The smallest absolute Gasteiger partial charge is 0.292 e. The van der Waals surface area contributed by atoms with Crippen LogP contribution >= 0.6 is 11.6 Å². The molecule has 3 N–H and O–H groups in total. The molecule has 2 rings (SSSR count). The van der Waals surface area contributed by atoms with Crippen molar-refractivity contribution in [2.45, 2.75) is 0 Å². The summed E-state index contributed by atoms with van der Waals surface area (Å²) in [7, 11) is 3.19. The molecule has 1 atom stereocenters. The molecule has 0 fully saturated rings. The molecule has 0 aliphatic carbocycles. The number of methoxy groups -OCH3 is 1. The second-order valence-electron chi connectivity index (χ2n) is 6.06. The van der Waals surface area contributed by atoms with Gasteiger partial charge in [0.15, 0.2) is 13.1 Å². The fourth-order valence-electron chi connectivity index (χ4n) is 2.48. The zero-order valence-corrected chi connectivity index (χ0v) is 16.1. The molecule has 10 heteroatoms. The van der Waals surface area contributed by atoms with E-state index in [0.29, 0.717) is 16.3 Å². The van der Waals surface area contributed by atoms with Crippen molar-refractivity contribution in [2.75, 3.05) is 37.9 Å². The molecule has 1 unspecified atom stereocenters. The Bertz CT molecular complexity index is 890. The Labute approximate surface area is 166 Å². The van der Waals surface area contributed by atoms with Crippen molar-refractivity contribution in [1.82, 2.24) is 0 Å². The highest BCUT2D eigenvalue weighted by Gasteiger charge is 2.19. The third-order valence-electron chi connectivity index (χ3n) is 3.71. The summed E-state index contributed by atoms with van der Waals surface area (Å²) in [6.45, 7) is -0.0303. The highest BCUT2D eigenvalue weighted by Crippen LogP contribution is 2.27. The van der Waals surface area contributed by atoms with Gasteiger partial charge in [-0.1, -0.05) is 17.7 Å². The molecule has 0 saturated heterocycles. The number of nitrogens with zero attached hydrogens (tertiary/aromatic N) is 1. The molecule has 2 amide bonds. The average molecular weight is 408 g/mol. The Hall–Kier alpha value is -3.17. The quantitative estimate of drug-likeness (QED) is 0.451. The zero-order valence-electron chi connectivity index (χ0n) is 15.3. The number of carbonyl (C=O) groups is 2. The van der Waals surface area contributed by atoms with Gasteiger partial charge in [-0.2, -0.15) is 0 Å². The summed E-state index contributed by atoms with van der Waals surface area (Å²) in [6, 6.07) is 10.8. The highest BCUT2D eigenvalue weighted by molar-refractivity contribution is 6.31. The number of likely N-dealkylation sites (N-methyl/N-ethyl adjacent to an activating group) is 1. The van der Waals surface area contributed by atoms with E-state index in [1.54, 1.807) is 31.3 Å². The Morgan fingerprint density at radius 2 is 1.82 bits per heavy atom. The molecule has 0 aliphatic heterocycles. The SMILES string of the molecule is COc1cccc(NC(=O)C[NH+](C)CC(=O)Nc2cc(Cl)ccc2[N+](=O)[O-])c1. The van der Waals surface area contributed by atoms with Crippen molar-refractivity contribution in [3.63, 3.8) is 0 Å². The van der Waals surface area contributed by atoms with E-state index in [4.69, 9.17) is 16.3 Å². The van der Waals surface area contributed by atoms with Gasteiger partial charge in [0.05, 0.1) is 19.1 Å². The highest BCUT2D eigenvalue weighted by atomic mass is 35.5. The molecule has 28 heavy (non-hydrogen) atoms. The van der Waals surface area contributed by atoms with E-state index < -0.39 is 10.8 Å². The van der Waals surface area contributed by atoms with Gasteiger partial charge < -0.3 is 20.3 Å². The van der Waals surface area contributed by atoms with Crippen LogP contribution in [-0.4, -0.2) is 44.0 Å². The van der Waals surface area contributed by atoms with Crippen LogP contribution < -0.4 is 20.3 Å². The molecule has 0 heterocycles. The van der Waals surface area contributed by atoms with Gasteiger partial charge in [-0.05, 0) is 24.3 Å². The number of ether oxygens (including phenoxy) is 1. The van der Waals surface area contributed by atoms with Gasteiger partial charge in [0.1, 0.15) is 11.4 Å². The summed E-state index contributed by atoms with van der Waals surface area (Å²) in [5.74, 6) is -0.148. The molecule has 0 spiro atoms. The minimum atomic E-state index is -0.607. The third kappa shape index (κ3) is 6.22. The lowest BCUT2D eigenvalue weighted by Gasteiger charge is -2.14. The van der Waals surface area contributed by atoms with Crippen LogP contribution in [0.1, 0.15) is 0 Å². The first-order valence-electron chi connectivity index (χ1n) is 8.27. The normalized spacial score (nSPS) is 11.4. The van der Waals surface area contributed by atoms with Gasteiger partial charge in [-0.25, -0.2) is 0 Å². The first-order valence-corrected chi connectivity index (χ1v) is 8.65. The molecule has 9 nitrogen and oxygen atoms in total. The minimum Gasteiger partial charge on any atom is -0.497 e. The van der Waals surface area contributed by atoms with E-state index in [1.807, 2.05) is 0 Å². The van der Waals surface area contributed by atoms with E-state index in [0.717, 1.165) is 0 Å². The Morgan fingerprint density at radius 1 is 1.14 bits per heavy atom. The Kier molecular flexibility index (Phi) is 7.30. The lowest BCUT2D eigenvalue weighted by atomic mass is 10.2. The van der Waals surface area contributed by atoms with Crippen molar-refractivity contribution < 1.29 is 24.1 Å². The third-order valence-corrected chi connectivity index (χ3v) is 3.94. The van der Waals surface area contributed by atoms with Gasteiger partial charge in [0.2, 0.25) is 0 Å². The molecule has 0 radical (unpaired) electrons. The fraction of sp³-hybridized carbons (Fsp3) is 0.222. The summed E-state index contributed by atoms with van der Waals surface area (Å²) in [4.78, 5) is 35.4. The van der Waals surface area contributed by atoms with E-state index in [1.165, 1.54) is 25.3 Å². The number of hydrogen-bond acceptors (Lipinski definition) is 5. The second-order valence-corrected chi connectivity index (χ2v) is 6.49. The van der Waals surface area contributed by atoms with Crippen molar-refractivity contribution in [3.8, 4) is 5.75 Å². The Balaban J connectivity index is 1.91. The minimum absolute atomic E-state index is 0.0103. The van der Waals surface area contributed by atoms with Crippen LogP contribution in [0.5, 0.6) is 5.75 Å². The molecule has 0 aromatic heterocycles. The summed E-state index contributed by atoms with van der Waals surface area (Å²) < 4.78 is 5.09. The molecule has 2 aromatic carbocycles. The maximum absolute atomic E-state index is 12.2. The summed E-state index contributed by atoms with van der Waals surface area (Å²) in [5, 5.41) is 16.5. The van der Waals surface area contributed by atoms with Gasteiger partial charge in [0.25, 0.3) is 17.5 Å². The van der Waals surface area contributed by atoms with Crippen LogP contribution in [0.4, 0.5) is 17.1 Å². The number of hydrogen-bond donors (Lipinski definition) is 3. The van der Waals surface area contributed by atoms with Crippen molar-refractivity contribution in [1.29, 1.82) is 0 Å². The maximum atomic E-state index is 12.2. The van der Waals surface area contributed by atoms with Crippen molar-refractivity contribution in [3.05, 3.63) is 57.6 Å². The molecule has 0 aliphatic rings. The van der Waals surface area contributed by atoms with E-state index in [-0.39, 0.29) is 35.4 Å². The van der Waals surface area contributed by atoms with Gasteiger partial charge in [-0.3, -0.25) is 19.7 Å². The number of amides is 2. The van der Waals surface area contributed by atoms with Crippen LogP contribution in [0, 0.1) is 10.1 Å². The number of quaternary nitrogens is 1. The second kappa shape index (κ2) is 9.67. The monoisotopic (exact) mass is 407 g/mol. The number of nitrogens with one attached hydrogen (secondary N) is 3. The zero-order chi connectivity index (χ0) is 20.7. The standard InChI is InChI=1S/C18H19ClN4O5/c1-22(10-17(24)20-13-4-3-5-14(9-13)28-2)11-18(25)21-15-8-12(19)6-7-16(15)23(26)27/h3-9H,10-11H2,1-2H3,(H,20,24)(H,21,25)/p+1. The average Bonchev–Trinajstić information content (AvgIpc) is 2.61. The van der Waals surface area contributed by atoms with Crippen LogP contribution in [0.25, 0.3) is 0 Å². The number of carbonyl (C=O) groups excluding carboxylic acids is 2. The predicted molar refractivity (Wildman–Crippen MR) is 105 cm³/mol. The predicted octanol–water partition coefficient (Wildman–Crippen LogP) is 1.35. The molecular formula is C18H20ClN4O5+. The fourth-order valence-corrected chi connectivity index (χ4v) is 2.65. The van der Waals surface area contributed by atoms with Crippen LogP contribution in [0.15, 0.2) is 42.5 Å². The number of nitro benzene ring substituents is 1. The first-order chi connectivity index (χ1) is 13.3. The first kappa shape index (κ1) is 21.1. The number of rotatable bonds is 8. The molecule has 148 valence electrons. The van der Waals surface area contributed by atoms with E-state index >= 15 is 0 Å². The molecule has 0 saturated carbocycles. The summed E-state index contributed by atoms with van der Waals surface area (Å²) >= 11 is 5.84. The van der Waals surface area contributed by atoms with Crippen molar-refractivity contribution >= 4 is 40.5 Å². The molecule has 0 bridgehead atoms. The van der Waals surface area contributed by atoms with Gasteiger partial charge >= 0.3 is 0 Å². The number of anilines is 2. The summed E-state index contributed by atoms with van der Waals surface area (Å²) in [6.07, 6.45) is 0. The van der Waals surface area contributed by atoms with Gasteiger partial charge in [-0.15, -0.1) is 0 Å². The van der Waals surface area contributed by atoms with Crippen LogP contribution in [-0.2, 0) is 9.59 Å². The van der Waals surface area contributed by atoms with Crippen molar-refractivity contribution in [2.24, 2.45) is 0 Å². The Morgan fingerprint density at radius 3 is 2.46 bits per heavy atom. The van der Waals surface area contributed by atoms with Gasteiger partial charge in [0, 0.05) is 22.8 Å². The molecule has 2 aromatic rings. The van der Waals surface area contributed by atoms with E-state index in [9.17, 15) is 19.7 Å².